The number of piperidine rings is 1. The van der Waals surface area contributed by atoms with Gasteiger partial charge in [0, 0.05) is 50.5 Å². The summed E-state index contributed by atoms with van der Waals surface area (Å²) in [5.74, 6) is 0.445. The second-order valence-corrected chi connectivity index (χ2v) is 8.67. The fourth-order valence-corrected chi connectivity index (χ4v) is 4.04. The SMILES string of the molecule is CC(=O)N1CCC(Oc2ccc(Cl)cc2C(=O)N[C@H]2CCOC(C)(C)C2)CC1. The molecule has 6 nitrogen and oxygen atoms in total. The van der Waals surface area contributed by atoms with E-state index in [0.717, 1.165) is 25.7 Å². The van der Waals surface area contributed by atoms with Crippen molar-refractivity contribution in [3.05, 3.63) is 28.8 Å². The van der Waals surface area contributed by atoms with Gasteiger partial charge < -0.3 is 19.7 Å². The van der Waals surface area contributed by atoms with Gasteiger partial charge in [0.2, 0.25) is 5.91 Å². The van der Waals surface area contributed by atoms with E-state index in [1.54, 1.807) is 25.1 Å². The molecule has 0 aliphatic carbocycles. The van der Waals surface area contributed by atoms with Crippen molar-refractivity contribution in [3.8, 4) is 5.75 Å². The van der Waals surface area contributed by atoms with Gasteiger partial charge in [-0.25, -0.2) is 0 Å². The number of likely N-dealkylation sites (tertiary alicyclic amines) is 1. The van der Waals surface area contributed by atoms with Gasteiger partial charge in [0.25, 0.3) is 5.91 Å². The molecule has 0 saturated carbocycles. The molecule has 1 atom stereocenters. The lowest BCUT2D eigenvalue weighted by atomic mass is 9.93. The normalized spacial score (nSPS) is 22.6. The molecule has 7 heteroatoms. The number of carbonyl (C=O) groups is 2. The average molecular weight is 409 g/mol. The Morgan fingerprint density at radius 1 is 1.25 bits per heavy atom. The highest BCUT2D eigenvalue weighted by molar-refractivity contribution is 6.31. The largest absolute Gasteiger partial charge is 0.489 e. The van der Waals surface area contributed by atoms with Crippen LogP contribution < -0.4 is 10.1 Å². The molecule has 2 fully saturated rings. The molecule has 1 N–H and O–H groups in total. The first-order chi connectivity index (χ1) is 13.2. The Bertz CT molecular complexity index is 729. The highest BCUT2D eigenvalue weighted by atomic mass is 35.5. The molecule has 2 aliphatic heterocycles. The van der Waals surface area contributed by atoms with E-state index in [2.05, 4.69) is 5.32 Å². The zero-order chi connectivity index (χ0) is 20.3. The summed E-state index contributed by atoms with van der Waals surface area (Å²) in [6.07, 6.45) is 3.02. The first-order valence-corrected chi connectivity index (χ1v) is 10.3. The molecule has 1 aromatic rings. The first kappa shape index (κ1) is 20.9. The fraction of sp³-hybridized carbons (Fsp3) is 0.619. The molecule has 154 valence electrons. The van der Waals surface area contributed by atoms with Crippen LogP contribution in [0.2, 0.25) is 5.02 Å². The number of hydrogen-bond acceptors (Lipinski definition) is 4. The molecule has 2 saturated heterocycles. The van der Waals surface area contributed by atoms with Gasteiger partial charge >= 0.3 is 0 Å². The summed E-state index contributed by atoms with van der Waals surface area (Å²) < 4.78 is 11.9. The van der Waals surface area contributed by atoms with Gasteiger partial charge in [-0.1, -0.05) is 11.6 Å². The van der Waals surface area contributed by atoms with Gasteiger partial charge in [0.15, 0.2) is 0 Å². The van der Waals surface area contributed by atoms with Crippen LogP contribution in [-0.2, 0) is 9.53 Å². The quantitative estimate of drug-likeness (QED) is 0.828. The van der Waals surface area contributed by atoms with E-state index in [9.17, 15) is 9.59 Å². The Labute approximate surface area is 171 Å². The Balaban J connectivity index is 1.67. The summed E-state index contributed by atoms with van der Waals surface area (Å²) in [5, 5.41) is 3.60. The van der Waals surface area contributed by atoms with E-state index in [4.69, 9.17) is 21.1 Å². The van der Waals surface area contributed by atoms with Gasteiger partial charge in [-0.05, 0) is 44.9 Å². The van der Waals surface area contributed by atoms with Crippen LogP contribution in [0.1, 0.15) is 56.8 Å². The summed E-state index contributed by atoms with van der Waals surface area (Å²) in [6, 6.07) is 5.20. The van der Waals surface area contributed by atoms with E-state index in [0.29, 0.717) is 36.0 Å². The van der Waals surface area contributed by atoms with Crippen LogP contribution in [0.25, 0.3) is 0 Å². The summed E-state index contributed by atoms with van der Waals surface area (Å²) >= 11 is 6.15. The molecule has 2 amide bonds. The van der Waals surface area contributed by atoms with Crippen LogP contribution in [-0.4, -0.2) is 54.2 Å². The first-order valence-electron chi connectivity index (χ1n) is 9.90. The molecular weight excluding hydrogens is 380 g/mol. The molecule has 0 aromatic heterocycles. The summed E-state index contributed by atoms with van der Waals surface area (Å²) in [4.78, 5) is 26.2. The molecule has 0 bridgehead atoms. The molecule has 0 radical (unpaired) electrons. The van der Waals surface area contributed by atoms with Gasteiger partial charge in [-0.3, -0.25) is 9.59 Å². The predicted molar refractivity (Wildman–Crippen MR) is 108 cm³/mol. The number of rotatable bonds is 4. The highest BCUT2D eigenvalue weighted by Crippen LogP contribution is 2.28. The minimum Gasteiger partial charge on any atom is -0.489 e. The molecule has 0 unspecified atom stereocenters. The second kappa shape index (κ2) is 8.70. The van der Waals surface area contributed by atoms with Crippen LogP contribution in [0, 0.1) is 0 Å². The molecule has 2 heterocycles. The van der Waals surface area contributed by atoms with Gasteiger partial charge in [0.1, 0.15) is 11.9 Å². The van der Waals surface area contributed by atoms with Crippen molar-refractivity contribution in [1.29, 1.82) is 0 Å². The Morgan fingerprint density at radius 3 is 2.61 bits per heavy atom. The second-order valence-electron chi connectivity index (χ2n) is 8.24. The Morgan fingerprint density at radius 2 is 1.96 bits per heavy atom. The number of amides is 2. The zero-order valence-electron chi connectivity index (χ0n) is 16.8. The molecular formula is C21H29ClN2O4. The van der Waals surface area contributed by atoms with Crippen molar-refractivity contribution >= 4 is 23.4 Å². The maximum Gasteiger partial charge on any atom is 0.255 e. The predicted octanol–water partition coefficient (Wildman–Crippen LogP) is 3.42. The minimum atomic E-state index is -0.242. The van der Waals surface area contributed by atoms with Gasteiger partial charge in [-0.15, -0.1) is 0 Å². The standard InChI is InChI=1S/C21H29ClN2O4/c1-14(25)24-9-6-17(7-10-24)28-19-5-4-15(22)12-18(19)20(26)23-16-8-11-27-21(2,3)13-16/h4-5,12,16-17H,6-11,13H2,1-3H3,(H,23,26)/t16-/m0/s1. The van der Waals surface area contributed by atoms with Crippen LogP contribution in [0.3, 0.4) is 0 Å². The third-order valence-electron chi connectivity index (χ3n) is 5.40. The van der Waals surface area contributed by atoms with E-state index < -0.39 is 0 Å². The van der Waals surface area contributed by atoms with Crippen molar-refractivity contribution in [2.75, 3.05) is 19.7 Å². The van der Waals surface area contributed by atoms with Crippen LogP contribution in [0.5, 0.6) is 5.75 Å². The monoisotopic (exact) mass is 408 g/mol. The van der Waals surface area contributed by atoms with E-state index in [1.807, 2.05) is 18.7 Å². The molecule has 0 spiro atoms. The topological polar surface area (TPSA) is 67.9 Å². The summed E-state index contributed by atoms with van der Waals surface area (Å²) in [5.41, 5.74) is 0.208. The smallest absolute Gasteiger partial charge is 0.255 e. The van der Waals surface area contributed by atoms with Crippen molar-refractivity contribution < 1.29 is 19.1 Å². The Kier molecular flexibility index (Phi) is 6.50. The number of carbonyl (C=O) groups excluding carboxylic acids is 2. The van der Waals surface area contributed by atoms with Gasteiger partial charge in [0.05, 0.1) is 11.2 Å². The number of nitrogens with one attached hydrogen (secondary N) is 1. The molecule has 3 rings (SSSR count). The van der Waals surface area contributed by atoms with E-state index in [1.165, 1.54) is 0 Å². The number of halogens is 1. The highest BCUT2D eigenvalue weighted by Gasteiger charge is 2.31. The number of nitrogens with zero attached hydrogens (tertiary/aromatic N) is 1. The lowest BCUT2D eigenvalue weighted by molar-refractivity contribution is -0.130. The summed E-state index contributed by atoms with van der Waals surface area (Å²) in [7, 11) is 0. The average Bonchev–Trinajstić information content (AvgIpc) is 2.62. The van der Waals surface area contributed by atoms with Crippen LogP contribution in [0.15, 0.2) is 18.2 Å². The fourth-order valence-electron chi connectivity index (χ4n) is 3.87. The molecule has 2 aliphatic rings. The van der Waals surface area contributed by atoms with Crippen molar-refractivity contribution in [2.45, 2.75) is 64.2 Å². The third kappa shape index (κ3) is 5.39. The van der Waals surface area contributed by atoms with Crippen LogP contribution in [0.4, 0.5) is 0 Å². The maximum atomic E-state index is 12.9. The van der Waals surface area contributed by atoms with E-state index in [-0.39, 0.29) is 29.6 Å². The van der Waals surface area contributed by atoms with Crippen molar-refractivity contribution in [2.24, 2.45) is 0 Å². The number of benzene rings is 1. The number of ether oxygens (including phenoxy) is 2. The van der Waals surface area contributed by atoms with Crippen molar-refractivity contribution in [1.82, 2.24) is 10.2 Å². The minimum absolute atomic E-state index is 0.0228. The van der Waals surface area contributed by atoms with Gasteiger partial charge in [-0.2, -0.15) is 0 Å². The van der Waals surface area contributed by atoms with Crippen LogP contribution >= 0.6 is 11.6 Å². The lowest BCUT2D eigenvalue weighted by Gasteiger charge is -2.36. The zero-order valence-corrected chi connectivity index (χ0v) is 17.6. The van der Waals surface area contributed by atoms with Crippen molar-refractivity contribution in [3.63, 3.8) is 0 Å². The molecule has 1 aromatic carbocycles. The third-order valence-corrected chi connectivity index (χ3v) is 5.63. The Hall–Kier alpha value is -1.79. The maximum absolute atomic E-state index is 12.9. The summed E-state index contributed by atoms with van der Waals surface area (Å²) in [6.45, 7) is 7.63. The molecule has 28 heavy (non-hydrogen) atoms. The van der Waals surface area contributed by atoms with E-state index >= 15 is 0 Å². The number of hydrogen-bond donors (Lipinski definition) is 1. The lowest BCUT2D eigenvalue weighted by Crippen LogP contribution is -2.46.